The minimum atomic E-state index is -0.839. The van der Waals surface area contributed by atoms with Crippen LogP contribution in [-0.4, -0.2) is 357 Å². The summed E-state index contributed by atoms with van der Waals surface area (Å²) in [6, 6.07) is 14.2. The van der Waals surface area contributed by atoms with Crippen LogP contribution >= 0.6 is 0 Å². The number of rotatable bonds is 56. The van der Waals surface area contributed by atoms with Gasteiger partial charge in [0.05, 0.1) is 0 Å². The lowest BCUT2D eigenvalue weighted by atomic mass is 9.80. The Kier molecular flexibility index (Phi) is 45.7. The monoisotopic (exact) mass is 1680 g/mol. The van der Waals surface area contributed by atoms with Crippen molar-refractivity contribution >= 4 is 47.3 Å². The van der Waals surface area contributed by atoms with E-state index in [0.29, 0.717) is 201 Å². The summed E-state index contributed by atoms with van der Waals surface area (Å²) in [7, 11) is 31.3. The van der Waals surface area contributed by atoms with Crippen LogP contribution in [0.25, 0.3) is 0 Å². The average molecular weight is 1680 g/mol. The highest BCUT2D eigenvalue weighted by atomic mass is 16.5. The maximum Gasteiger partial charge on any atom is 0.257 e. The Morgan fingerprint density at radius 3 is 0.417 bits per heavy atom. The molecule has 8 amide bonds. The number of nitrogens with one attached hydrogen (secondary N) is 8. The fourth-order valence-corrected chi connectivity index (χ4v) is 13.3. The maximum absolute atomic E-state index is 14.1. The van der Waals surface area contributed by atoms with E-state index in [1.165, 1.54) is 0 Å². The van der Waals surface area contributed by atoms with Gasteiger partial charge in [-0.3, -0.25) is 38.4 Å². The molecule has 0 atom stereocenters. The van der Waals surface area contributed by atoms with Crippen molar-refractivity contribution in [1.82, 2.24) is 81.7 Å². The molecule has 5 rings (SSSR count). The standard InChI is InChI=1S/C88H144N16O16/c1-61-65-45-67(75(115-55-83(107)91-31-23-39-99(9)10)49-73(65)113-53-81(105)89-29-21-37-97(5)6)62(2)69-47-71(79(119-59-87(111)95-35-27-43-103(17)18)51-77(69)117-57-85(109)93-33-25-41-101(13)14)64(4)72-48-70(78(118-58-86(110)94-34-26-42-102(15)16)52-80(72)120-60-88(112)96-36-28-44-104(19)20)63(3)68-46-66(61)74(114-54-82(106)90-30-22-38-98(7)8)50-76(68)116-56-84(108)92-32-24-40-100(11)12/h45-52,61-64H,21-44,53-60H2,1-20H3,(H,89,105)(H,90,106)(H,91,107)(H,92,108)(H,93,109)(H,94,110)(H,95,111)(H,96,112). The van der Waals surface area contributed by atoms with Gasteiger partial charge in [0, 0.05) is 145 Å². The molecule has 32 heteroatoms. The molecule has 120 heavy (non-hydrogen) atoms. The van der Waals surface area contributed by atoms with E-state index < -0.39 is 124 Å². The molecule has 0 fully saturated rings. The third-order valence-corrected chi connectivity index (χ3v) is 20.0. The van der Waals surface area contributed by atoms with E-state index in [1.807, 2.05) is 204 Å². The van der Waals surface area contributed by atoms with Crippen molar-refractivity contribution in [2.24, 2.45) is 0 Å². The van der Waals surface area contributed by atoms with Crippen molar-refractivity contribution in [2.45, 2.75) is 103 Å². The van der Waals surface area contributed by atoms with Crippen molar-refractivity contribution in [3.63, 3.8) is 0 Å². The first-order chi connectivity index (χ1) is 57.1. The predicted octanol–water partition coefficient (Wildman–Crippen LogP) is 4.18. The van der Waals surface area contributed by atoms with Crippen LogP contribution < -0.4 is 80.4 Å². The third-order valence-electron chi connectivity index (χ3n) is 20.0. The van der Waals surface area contributed by atoms with Gasteiger partial charge in [-0.05, 0) is 241 Å². The highest BCUT2D eigenvalue weighted by Gasteiger charge is 2.34. The fourth-order valence-electron chi connectivity index (χ4n) is 13.3. The molecule has 1 aliphatic rings. The number of ether oxygens (including phenoxy) is 8. The molecule has 0 saturated carbocycles. The second-order valence-electron chi connectivity index (χ2n) is 33.0. The second kappa shape index (κ2) is 54.2. The highest BCUT2D eigenvalue weighted by Crippen LogP contribution is 2.51. The Morgan fingerprint density at radius 1 is 0.208 bits per heavy atom. The molecule has 0 radical (unpaired) electrons. The van der Waals surface area contributed by atoms with Gasteiger partial charge in [0.2, 0.25) is 0 Å². The lowest BCUT2D eigenvalue weighted by Gasteiger charge is -2.29. The van der Waals surface area contributed by atoms with E-state index in [4.69, 9.17) is 37.9 Å². The number of carbonyl (C=O) groups excluding carboxylic acids is 8. The van der Waals surface area contributed by atoms with Gasteiger partial charge in [0.25, 0.3) is 47.3 Å². The summed E-state index contributed by atoms with van der Waals surface area (Å²) < 4.78 is 54.2. The van der Waals surface area contributed by atoms with Gasteiger partial charge in [-0.1, -0.05) is 27.7 Å². The zero-order valence-electron chi connectivity index (χ0n) is 75.7. The predicted molar refractivity (Wildman–Crippen MR) is 469 cm³/mol. The van der Waals surface area contributed by atoms with Crippen molar-refractivity contribution in [3.8, 4) is 46.0 Å². The SMILES string of the molecule is CC1c2cc(c(OCC(=O)NCCCN(C)C)cc2OCC(=O)NCCCN(C)C)C(C)c2cc(c(OCC(=O)NCCCN(C)C)cc2OCC(=O)NCCCN(C)C)C(C)c2cc(c(OCC(=O)NCCCN(C)C)cc2OCC(=O)NCCCN(C)C)C(C)c2cc1c(OCC(=O)NCCCN(C)C)cc2OCC(=O)NCCCN(C)C. The second-order valence-corrected chi connectivity index (χ2v) is 33.0. The molecule has 8 bridgehead atoms. The van der Waals surface area contributed by atoms with Crippen molar-refractivity contribution in [2.75, 3.05) is 270 Å². The normalized spacial score (nSPS) is 14.4. The first-order valence-corrected chi connectivity index (χ1v) is 42.2. The van der Waals surface area contributed by atoms with Crippen LogP contribution in [0.15, 0.2) is 48.5 Å². The van der Waals surface area contributed by atoms with E-state index in [0.717, 1.165) is 0 Å². The molecule has 8 N–H and O–H groups in total. The molecule has 1 aliphatic carbocycles. The van der Waals surface area contributed by atoms with Gasteiger partial charge in [0.15, 0.2) is 52.9 Å². The summed E-state index contributed by atoms with van der Waals surface area (Å²) in [5.41, 5.74) is 3.80. The van der Waals surface area contributed by atoms with Crippen LogP contribution in [0.2, 0.25) is 0 Å². The van der Waals surface area contributed by atoms with Crippen molar-refractivity contribution in [3.05, 3.63) is 93.0 Å². The molecule has 32 nitrogen and oxygen atoms in total. The van der Waals surface area contributed by atoms with E-state index in [-0.39, 0.29) is 46.0 Å². The van der Waals surface area contributed by atoms with Gasteiger partial charge in [-0.2, -0.15) is 0 Å². The number of nitrogens with zero attached hydrogens (tertiary/aromatic N) is 8. The molecule has 0 saturated heterocycles. The number of fused-ring (bicyclic) bond motifs is 8. The molecule has 672 valence electrons. The number of benzene rings is 4. The lowest BCUT2D eigenvalue weighted by molar-refractivity contribution is -0.124. The molecule has 0 aliphatic heterocycles. The average Bonchev–Trinajstić information content (AvgIpc) is 0.752. The molecule has 0 aromatic heterocycles. The number of amides is 8. The summed E-state index contributed by atoms with van der Waals surface area (Å²) in [5, 5.41) is 24.0. The molecule has 0 heterocycles. The lowest BCUT2D eigenvalue weighted by Crippen LogP contribution is -2.32. The summed E-state index contributed by atoms with van der Waals surface area (Å²) in [6.45, 7) is 12.6. The van der Waals surface area contributed by atoms with E-state index >= 15 is 0 Å². The Bertz CT molecular complexity index is 3150. The molecule has 0 unspecified atom stereocenters. The van der Waals surface area contributed by atoms with Gasteiger partial charge in [-0.15, -0.1) is 0 Å². The quantitative estimate of drug-likeness (QED) is 0.0287. The highest BCUT2D eigenvalue weighted by molar-refractivity contribution is 5.81. The van der Waals surface area contributed by atoms with Crippen LogP contribution in [0.1, 0.15) is 147 Å². The van der Waals surface area contributed by atoms with Crippen LogP contribution in [-0.2, 0) is 38.4 Å². The number of hydrogen-bond donors (Lipinski definition) is 8. The summed E-state index contributed by atoms with van der Waals surface area (Å²) >= 11 is 0. The summed E-state index contributed by atoms with van der Waals surface area (Å²) in [5.74, 6) is -5.27. The van der Waals surface area contributed by atoms with Gasteiger partial charge >= 0.3 is 0 Å². The summed E-state index contributed by atoms with van der Waals surface area (Å²) in [4.78, 5) is 129. The minimum Gasteiger partial charge on any atom is -0.483 e. The fraction of sp³-hybridized carbons (Fsp3) is 0.636. The molecule has 4 aromatic rings. The van der Waals surface area contributed by atoms with Crippen molar-refractivity contribution in [1.29, 1.82) is 0 Å². The first-order valence-electron chi connectivity index (χ1n) is 42.2. The molecule has 4 aromatic carbocycles. The molecular formula is C88H144N16O16. The topological polar surface area (TPSA) is 333 Å². The van der Waals surface area contributed by atoms with Crippen LogP contribution in [0.3, 0.4) is 0 Å². The zero-order chi connectivity index (χ0) is 88.4. The van der Waals surface area contributed by atoms with Crippen LogP contribution in [0.5, 0.6) is 46.0 Å². The Hall–Kier alpha value is -9.28. The third kappa shape index (κ3) is 37.8. The Balaban J connectivity index is 2.07. The van der Waals surface area contributed by atoms with Crippen LogP contribution in [0, 0.1) is 0 Å². The largest absolute Gasteiger partial charge is 0.483 e. The first kappa shape index (κ1) is 101. The van der Waals surface area contributed by atoms with Crippen molar-refractivity contribution < 1.29 is 76.3 Å². The van der Waals surface area contributed by atoms with Gasteiger partial charge in [-0.25, -0.2) is 0 Å². The summed E-state index contributed by atoms with van der Waals surface area (Å²) in [6.07, 6.45) is 5.26. The van der Waals surface area contributed by atoms with Gasteiger partial charge in [0.1, 0.15) is 46.0 Å². The van der Waals surface area contributed by atoms with Crippen LogP contribution in [0.4, 0.5) is 0 Å². The van der Waals surface area contributed by atoms with E-state index in [2.05, 4.69) is 42.5 Å². The van der Waals surface area contributed by atoms with E-state index in [9.17, 15) is 38.4 Å². The molecule has 0 spiro atoms. The molecular weight excluding hydrogens is 1540 g/mol. The maximum atomic E-state index is 14.1. The minimum absolute atomic E-state index is 0.175. The zero-order valence-corrected chi connectivity index (χ0v) is 75.7. The van der Waals surface area contributed by atoms with Gasteiger partial charge < -0.3 is 120 Å². The smallest absolute Gasteiger partial charge is 0.257 e. The number of hydrogen-bond acceptors (Lipinski definition) is 24. The Labute approximate surface area is 714 Å². The van der Waals surface area contributed by atoms with E-state index in [1.54, 1.807) is 24.3 Å². The Morgan fingerprint density at radius 2 is 0.317 bits per heavy atom. The number of carbonyl (C=O) groups is 8.